The molecule has 10 nitrogen and oxygen atoms in total. The fourth-order valence-corrected chi connectivity index (χ4v) is 5.04. The maximum absolute atomic E-state index is 4.89. The maximum Gasteiger partial charge on any atom is 0.205 e. The van der Waals surface area contributed by atoms with Crippen molar-refractivity contribution in [3.05, 3.63) is 77.4 Å². The first-order valence-corrected chi connectivity index (χ1v) is 13.2. The van der Waals surface area contributed by atoms with Gasteiger partial charge in [-0.2, -0.15) is 5.21 Å². The van der Waals surface area contributed by atoms with Crippen molar-refractivity contribution < 1.29 is 0 Å². The molecular weight excluding hydrogens is 488 g/mol. The highest BCUT2D eigenvalue weighted by Gasteiger charge is 2.16. The third-order valence-corrected chi connectivity index (χ3v) is 6.92. The lowest BCUT2D eigenvalue weighted by molar-refractivity contribution is 0.579. The summed E-state index contributed by atoms with van der Waals surface area (Å²) >= 11 is 0. The highest BCUT2D eigenvalue weighted by molar-refractivity contribution is 5.84. The van der Waals surface area contributed by atoms with E-state index in [1.807, 2.05) is 29.9 Å². The molecule has 6 aromatic rings. The van der Waals surface area contributed by atoms with E-state index < -0.39 is 0 Å². The Morgan fingerprint density at radius 3 is 2.44 bits per heavy atom. The number of fused-ring (bicyclic) bond motifs is 1. The molecule has 0 aliphatic heterocycles. The van der Waals surface area contributed by atoms with Gasteiger partial charge in [-0.25, -0.2) is 9.97 Å². The molecule has 0 aliphatic rings. The highest BCUT2D eigenvalue weighted by Crippen LogP contribution is 2.34. The number of pyridine rings is 1. The standard InChI is InChI=1S/C29H30N10/c1-5-13-38-17-25(32-37-38)22-11-12-23(28-33-35-36-34-28)24(15-22)21-9-7-20(8-10-21)16-39-26(6-2)31-27-18(3)14-19(4)30-29(27)39/h7-12,14-15,17H,5-6,13,16H2,1-4H3,(H,33,34,35,36). The van der Waals surface area contributed by atoms with Crippen LogP contribution in [-0.4, -0.2) is 50.2 Å². The summed E-state index contributed by atoms with van der Waals surface area (Å²) in [5, 5.41) is 23.5. The van der Waals surface area contributed by atoms with Gasteiger partial charge in [0.2, 0.25) is 5.82 Å². The van der Waals surface area contributed by atoms with Crippen LogP contribution in [0.15, 0.2) is 54.7 Å². The molecule has 10 heteroatoms. The number of aromatic amines is 1. The van der Waals surface area contributed by atoms with E-state index in [4.69, 9.17) is 9.97 Å². The van der Waals surface area contributed by atoms with Crippen molar-refractivity contribution in [2.75, 3.05) is 0 Å². The Balaban J connectivity index is 1.37. The monoisotopic (exact) mass is 518 g/mol. The molecule has 4 aromatic heterocycles. The number of nitrogens with one attached hydrogen (secondary N) is 1. The zero-order chi connectivity index (χ0) is 26.9. The number of aryl methyl sites for hydroxylation is 4. The first-order chi connectivity index (χ1) is 19.0. The Morgan fingerprint density at radius 1 is 0.872 bits per heavy atom. The van der Waals surface area contributed by atoms with Crippen molar-refractivity contribution in [3.8, 4) is 33.8 Å². The first kappa shape index (κ1) is 24.6. The molecule has 39 heavy (non-hydrogen) atoms. The molecule has 196 valence electrons. The lowest BCUT2D eigenvalue weighted by Crippen LogP contribution is -2.05. The average molecular weight is 519 g/mol. The van der Waals surface area contributed by atoms with Crippen molar-refractivity contribution in [1.29, 1.82) is 0 Å². The average Bonchev–Trinajstić information content (AvgIpc) is 3.70. The minimum absolute atomic E-state index is 0.546. The quantitative estimate of drug-likeness (QED) is 0.295. The Labute approximate surface area is 226 Å². The summed E-state index contributed by atoms with van der Waals surface area (Å²) in [5.74, 6) is 1.59. The van der Waals surface area contributed by atoms with Crippen molar-refractivity contribution >= 4 is 11.2 Å². The van der Waals surface area contributed by atoms with E-state index in [9.17, 15) is 0 Å². The molecule has 1 N–H and O–H groups in total. The summed E-state index contributed by atoms with van der Waals surface area (Å²) in [4.78, 5) is 9.71. The predicted octanol–water partition coefficient (Wildman–Crippen LogP) is 5.17. The van der Waals surface area contributed by atoms with E-state index in [1.165, 1.54) is 5.56 Å². The van der Waals surface area contributed by atoms with Crippen molar-refractivity contribution in [2.24, 2.45) is 0 Å². The summed E-state index contributed by atoms with van der Waals surface area (Å²) in [6.07, 6.45) is 3.83. The van der Waals surface area contributed by atoms with Crippen LogP contribution in [0.4, 0.5) is 0 Å². The summed E-state index contributed by atoms with van der Waals surface area (Å²) in [6, 6.07) is 16.9. The molecular formula is C29H30N10. The number of tetrazole rings is 1. The van der Waals surface area contributed by atoms with Crippen LogP contribution in [0.2, 0.25) is 0 Å². The second-order valence-electron chi connectivity index (χ2n) is 9.78. The fourth-order valence-electron chi connectivity index (χ4n) is 5.04. The summed E-state index contributed by atoms with van der Waals surface area (Å²) in [7, 11) is 0. The van der Waals surface area contributed by atoms with E-state index >= 15 is 0 Å². The van der Waals surface area contributed by atoms with Crippen LogP contribution in [0.1, 0.15) is 42.9 Å². The molecule has 2 aromatic carbocycles. The zero-order valence-electron chi connectivity index (χ0n) is 22.5. The smallest absolute Gasteiger partial charge is 0.205 e. The molecule has 0 radical (unpaired) electrons. The Morgan fingerprint density at radius 2 is 1.69 bits per heavy atom. The first-order valence-electron chi connectivity index (χ1n) is 13.2. The van der Waals surface area contributed by atoms with Crippen LogP contribution < -0.4 is 0 Å². The molecule has 4 heterocycles. The van der Waals surface area contributed by atoms with Gasteiger partial charge in [0.05, 0.1) is 12.7 Å². The fraction of sp³-hybridized carbons (Fsp3) is 0.276. The summed E-state index contributed by atoms with van der Waals surface area (Å²) in [5.41, 5.74) is 10.0. The van der Waals surface area contributed by atoms with Gasteiger partial charge in [-0.3, -0.25) is 4.68 Å². The number of benzene rings is 2. The van der Waals surface area contributed by atoms with E-state index in [0.29, 0.717) is 12.4 Å². The number of aromatic nitrogens is 10. The zero-order valence-corrected chi connectivity index (χ0v) is 22.5. The van der Waals surface area contributed by atoms with Gasteiger partial charge in [0.15, 0.2) is 5.65 Å². The molecule has 0 saturated carbocycles. The Kier molecular flexibility index (Phi) is 6.44. The minimum atomic E-state index is 0.546. The molecule has 0 unspecified atom stereocenters. The van der Waals surface area contributed by atoms with Crippen LogP contribution in [-0.2, 0) is 19.5 Å². The molecule has 0 spiro atoms. The van der Waals surface area contributed by atoms with Gasteiger partial charge < -0.3 is 4.57 Å². The molecule has 0 bridgehead atoms. The second-order valence-corrected chi connectivity index (χ2v) is 9.78. The number of nitrogens with zero attached hydrogens (tertiary/aromatic N) is 9. The van der Waals surface area contributed by atoms with Gasteiger partial charge in [0.25, 0.3) is 0 Å². The van der Waals surface area contributed by atoms with Crippen molar-refractivity contribution in [3.63, 3.8) is 0 Å². The highest BCUT2D eigenvalue weighted by atomic mass is 15.5. The number of H-pyrrole nitrogens is 1. The SMILES string of the molecule is CCCn1cc(-c2ccc(-c3nn[nH]n3)c(-c3ccc(Cn4c(CC)nc5c(C)cc(C)nc54)cc3)c2)nn1. The van der Waals surface area contributed by atoms with Gasteiger partial charge in [-0.1, -0.05) is 49.4 Å². The van der Waals surface area contributed by atoms with Crippen LogP contribution in [0.5, 0.6) is 0 Å². The minimum Gasteiger partial charge on any atom is -0.308 e. The molecule has 6 rings (SSSR count). The van der Waals surface area contributed by atoms with Crippen LogP contribution in [0.25, 0.3) is 44.9 Å². The lowest BCUT2D eigenvalue weighted by Gasteiger charge is -2.12. The summed E-state index contributed by atoms with van der Waals surface area (Å²) in [6.45, 7) is 9.93. The Hall–Kier alpha value is -4.73. The van der Waals surface area contributed by atoms with E-state index in [2.05, 4.69) is 92.7 Å². The van der Waals surface area contributed by atoms with Gasteiger partial charge in [0.1, 0.15) is 17.0 Å². The van der Waals surface area contributed by atoms with Crippen molar-refractivity contribution in [1.82, 2.24) is 50.2 Å². The molecule has 0 fully saturated rings. The van der Waals surface area contributed by atoms with Crippen LogP contribution in [0, 0.1) is 13.8 Å². The molecule has 0 aliphatic carbocycles. The maximum atomic E-state index is 4.89. The second kappa shape index (κ2) is 10.2. The summed E-state index contributed by atoms with van der Waals surface area (Å²) < 4.78 is 4.11. The van der Waals surface area contributed by atoms with E-state index in [-0.39, 0.29) is 0 Å². The van der Waals surface area contributed by atoms with Crippen molar-refractivity contribution in [2.45, 2.75) is 53.6 Å². The van der Waals surface area contributed by atoms with Crippen LogP contribution >= 0.6 is 0 Å². The molecule has 0 saturated heterocycles. The normalized spacial score (nSPS) is 11.5. The number of rotatable bonds is 8. The van der Waals surface area contributed by atoms with E-state index in [0.717, 1.165) is 75.6 Å². The topological polar surface area (TPSA) is 116 Å². The number of hydrogen-bond acceptors (Lipinski definition) is 7. The van der Waals surface area contributed by atoms with Gasteiger partial charge >= 0.3 is 0 Å². The van der Waals surface area contributed by atoms with Gasteiger partial charge in [-0.05, 0) is 65.9 Å². The third-order valence-electron chi connectivity index (χ3n) is 6.92. The number of imidazole rings is 1. The predicted molar refractivity (Wildman–Crippen MR) is 150 cm³/mol. The third kappa shape index (κ3) is 4.69. The van der Waals surface area contributed by atoms with E-state index in [1.54, 1.807) is 0 Å². The largest absolute Gasteiger partial charge is 0.308 e. The molecule has 0 atom stereocenters. The lowest BCUT2D eigenvalue weighted by atomic mass is 9.95. The Bertz CT molecular complexity index is 1740. The van der Waals surface area contributed by atoms with Gasteiger partial charge in [-0.15, -0.1) is 15.3 Å². The number of hydrogen-bond donors (Lipinski definition) is 1. The van der Waals surface area contributed by atoms with Crippen LogP contribution in [0.3, 0.4) is 0 Å². The molecule has 0 amide bonds. The van der Waals surface area contributed by atoms with Gasteiger partial charge in [0, 0.05) is 29.8 Å².